The summed E-state index contributed by atoms with van der Waals surface area (Å²) in [4.78, 5) is 26.5. The molecule has 2 N–H and O–H groups in total. The fraction of sp³-hybridized carbons (Fsp3) is 0.417. The van der Waals surface area contributed by atoms with Crippen LogP contribution in [0.1, 0.15) is 46.3 Å². The molecule has 0 heterocycles. The van der Waals surface area contributed by atoms with Crippen molar-refractivity contribution >= 4 is 17.5 Å². The Morgan fingerprint density at radius 3 is 2.03 bits per heavy atom. The lowest BCUT2D eigenvalue weighted by Gasteiger charge is -2.20. The smallest absolute Gasteiger partial charge is 0.238 e. The lowest BCUT2D eigenvalue weighted by molar-refractivity contribution is -0.123. The second-order valence-electron chi connectivity index (χ2n) is 8.13. The largest absolute Gasteiger partial charge is 0.348 e. The van der Waals surface area contributed by atoms with E-state index < -0.39 is 0 Å². The van der Waals surface area contributed by atoms with Gasteiger partial charge in [-0.15, -0.1) is 0 Å². The fourth-order valence-electron chi connectivity index (χ4n) is 3.51. The number of carbonyl (C=O) groups excluding carboxylic acids is 2. The molecule has 0 saturated carbocycles. The predicted molar refractivity (Wildman–Crippen MR) is 119 cm³/mol. The van der Waals surface area contributed by atoms with Gasteiger partial charge in [-0.25, -0.2) is 0 Å². The molecule has 0 bridgehead atoms. The molecule has 29 heavy (non-hydrogen) atoms. The highest BCUT2D eigenvalue weighted by molar-refractivity contribution is 5.94. The molecule has 0 aliphatic heterocycles. The molecular formula is C24H33N3O2. The van der Waals surface area contributed by atoms with E-state index in [4.69, 9.17) is 0 Å². The summed E-state index contributed by atoms with van der Waals surface area (Å²) in [5, 5.41) is 5.98. The molecule has 5 nitrogen and oxygen atoms in total. The van der Waals surface area contributed by atoms with Crippen molar-refractivity contribution in [3.8, 4) is 0 Å². The van der Waals surface area contributed by atoms with E-state index in [-0.39, 0.29) is 30.9 Å². The van der Waals surface area contributed by atoms with Gasteiger partial charge >= 0.3 is 0 Å². The van der Waals surface area contributed by atoms with E-state index in [0.29, 0.717) is 0 Å². The summed E-state index contributed by atoms with van der Waals surface area (Å²) < 4.78 is 0. The van der Waals surface area contributed by atoms with Gasteiger partial charge in [0, 0.05) is 5.69 Å². The number of amides is 2. The van der Waals surface area contributed by atoms with Crippen molar-refractivity contribution in [3.63, 3.8) is 0 Å². The maximum Gasteiger partial charge on any atom is 0.238 e. The zero-order chi connectivity index (χ0) is 21.7. The summed E-state index contributed by atoms with van der Waals surface area (Å²) in [6.45, 7) is 12.4. The predicted octanol–water partition coefficient (Wildman–Crippen LogP) is 3.98. The van der Waals surface area contributed by atoms with E-state index in [1.165, 1.54) is 16.7 Å². The summed E-state index contributed by atoms with van der Waals surface area (Å²) in [7, 11) is 1.77. The molecular weight excluding hydrogens is 362 g/mol. The zero-order valence-electron chi connectivity index (χ0n) is 18.6. The topological polar surface area (TPSA) is 61.4 Å². The van der Waals surface area contributed by atoms with E-state index >= 15 is 0 Å². The van der Waals surface area contributed by atoms with Gasteiger partial charge in [0.15, 0.2) is 0 Å². The minimum Gasteiger partial charge on any atom is -0.348 e. The Kier molecular flexibility index (Phi) is 7.57. The third-order valence-corrected chi connectivity index (χ3v) is 5.18. The van der Waals surface area contributed by atoms with Crippen molar-refractivity contribution in [2.24, 2.45) is 0 Å². The molecule has 2 aromatic rings. The number of carbonyl (C=O) groups is 2. The van der Waals surface area contributed by atoms with E-state index in [9.17, 15) is 9.59 Å². The quantitative estimate of drug-likeness (QED) is 0.746. The summed E-state index contributed by atoms with van der Waals surface area (Å²) in [6, 6.07) is 10.2. The number of rotatable bonds is 7. The summed E-state index contributed by atoms with van der Waals surface area (Å²) in [5.41, 5.74) is 7.62. The Balaban J connectivity index is 1.88. The lowest BCUT2D eigenvalue weighted by Crippen LogP contribution is -2.39. The highest BCUT2D eigenvalue weighted by Crippen LogP contribution is 2.22. The number of benzene rings is 2. The number of anilines is 1. The van der Waals surface area contributed by atoms with Crippen LogP contribution in [-0.2, 0) is 9.59 Å². The van der Waals surface area contributed by atoms with Crippen LogP contribution in [0.25, 0.3) is 0 Å². The van der Waals surface area contributed by atoms with Gasteiger partial charge in [0.1, 0.15) is 0 Å². The first kappa shape index (κ1) is 22.6. The maximum absolute atomic E-state index is 12.4. The second kappa shape index (κ2) is 9.70. The molecule has 0 radical (unpaired) electrons. The highest BCUT2D eigenvalue weighted by Gasteiger charge is 2.15. The number of likely N-dealkylation sites (N-methyl/N-ethyl adjacent to an activating group) is 1. The van der Waals surface area contributed by atoms with E-state index in [2.05, 4.69) is 36.6 Å². The zero-order valence-corrected chi connectivity index (χ0v) is 18.6. The maximum atomic E-state index is 12.4. The van der Waals surface area contributed by atoms with Crippen molar-refractivity contribution in [1.82, 2.24) is 10.2 Å². The third-order valence-electron chi connectivity index (χ3n) is 5.18. The van der Waals surface area contributed by atoms with Crippen molar-refractivity contribution in [2.75, 3.05) is 25.5 Å². The Morgan fingerprint density at radius 1 is 0.862 bits per heavy atom. The standard InChI is InChI=1S/C24H33N3O2/c1-15-10-18(4)24(19(5)11-15)26-23(29)14-27(7)13-22(28)25-20(6)21-9-8-16(2)17(3)12-21/h8-12,20H,13-14H2,1-7H3,(H,25,28)(H,26,29). The van der Waals surface area contributed by atoms with Gasteiger partial charge in [0.2, 0.25) is 11.8 Å². The van der Waals surface area contributed by atoms with E-state index in [1.807, 2.05) is 45.9 Å². The molecule has 0 saturated heterocycles. The molecule has 1 atom stereocenters. The van der Waals surface area contributed by atoms with Crippen molar-refractivity contribution < 1.29 is 9.59 Å². The van der Waals surface area contributed by atoms with Crippen LogP contribution in [0.4, 0.5) is 5.69 Å². The second-order valence-corrected chi connectivity index (χ2v) is 8.13. The molecule has 156 valence electrons. The number of nitrogens with one attached hydrogen (secondary N) is 2. The van der Waals surface area contributed by atoms with Crippen LogP contribution >= 0.6 is 0 Å². The molecule has 0 spiro atoms. The molecule has 0 aromatic heterocycles. The monoisotopic (exact) mass is 395 g/mol. The Morgan fingerprint density at radius 2 is 1.45 bits per heavy atom. The van der Waals surface area contributed by atoms with E-state index in [1.54, 1.807) is 11.9 Å². The number of hydrogen-bond acceptors (Lipinski definition) is 3. The van der Waals surface area contributed by atoms with Gasteiger partial charge in [-0.2, -0.15) is 0 Å². The average Bonchev–Trinajstić information content (AvgIpc) is 2.60. The Hall–Kier alpha value is -2.66. The van der Waals surface area contributed by atoms with Crippen molar-refractivity contribution in [3.05, 3.63) is 63.7 Å². The van der Waals surface area contributed by atoms with Gasteiger partial charge in [0.25, 0.3) is 0 Å². The number of aryl methyl sites for hydroxylation is 5. The number of nitrogens with zero attached hydrogens (tertiary/aromatic N) is 1. The molecule has 0 aliphatic rings. The minimum absolute atomic E-state index is 0.0816. The van der Waals surface area contributed by atoms with Crippen LogP contribution in [0.2, 0.25) is 0 Å². The Labute approximate surface area is 174 Å². The first-order chi connectivity index (χ1) is 13.6. The fourth-order valence-corrected chi connectivity index (χ4v) is 3.51. The molecule has 5 heteroatoms. The highest BCUT2D eigenvalue weighted by atomic mass is 16.2. The van der Waals surface area contributed by atoms with Crippen LogP contribution < -0.4 is 10.6 Å². The van der Waals surface area contributed by atoms with Crippen LogP contribution in [-0.4, -0.2) is 36.9 Å². The minimum atomic E-state index is -0.127. The lowest BCUT2D eigenvalue weighted by atomic mass is 10.0. The summed E-state index contributed by atoms with van der Waals surface area (Å²) in [6.07, 6.45) is 0. The summed E-state index contributed by atoms with van der Waals surface area (Å²) in [5.74, 6) is -0.230. The third kappa shape index (κ3) is 6.43. The van der Waals surface area contributed by atoms with Crippen LogP contribution in [0, 0.1) is 34.6 Å². The summed E-state index contributed by atoms with van der Waals surface area (Å²) >= 11 is 0. The van der Waals surface area contributed by atoms with Crippen molar-refractivity contribution in [2.45, 2.75) is 47.6 Å². The van der Waals surface area contributed by atoms with E-state index in [0.717, 1.165) is 22.4 Å². The molecule has 1 unspecified atom stereocenters. The first-order valence-corrected chi connectivity index (χ1v) is 9.99. The van der Waals surface area contributed by atoms with Crippen molar-refractivity contribution in [1.29, 1.82) is 0 Å². The van der Waals surface area contributed by atoms with Crippen LogP contribution in [0.15, 0.2) is 30.3 Å². The molecule has 0 aliphatic carbocycles. The SMILES string of the molecule is Cc1cc(C)c(NC(=O)CN(C)CC(=O)NC(C)c2ccc(C)c(C)c2)c(C)c1. The first-order valence-electron chi connectivity index (χ1n) is 9.99. The van der Waals surface area contributed by atoms with Crippen LogP contribution in [0.3, 0.4) is 0 Å². The molecule has 2 rings (SSSR count). The van der Waals surface area contributed by atoms with Gasteiger partial charge in [-0.1, -0.05) is 35.9 Å². The van der Waals surface area contributed by atoms with Gasteiger partial charge in [0.05, 0.1) is 19.1 Å². The van der Waals surface area contributed by atoms with Crippen LogP contribution in [0.5, 0.6) is 0 Å². The molecule has 2 amide bonds. The number of hydrogen-bond donors (Lipinski definition) is 2. The molecule has 2 aromatic carbocycles. The Bertz CT molecular complexity index is 882. The normalized spacial score (nSPS) is 12.0. The van der Waals surface area contributed by atoms with Gasteiger partial charge < -0.3 is 10.6 Å². The average molecular weight is 396 g/mol. The van der Waals surface area contributed by atoms with Gasteiger partial charge in [-0.05, 0) is 76.4 Å². The van der Waals surface area contributed by atoms with Gasteiger partial charge in [-0.3, -0.25) is 14.5 Å². The molecule has 0 fully saturated rings.